The molecule has 0 N–H and O–H groups in total. The van der Waals surface area contributed by atoms with E-state index in [-0.39, 0.29) is 6.01 Å². The van der Waals surface area contributed by atoms with Gasteiger partial charge < -0.3 is 4.74 Å². The second kappa shape index (κ2) is 8.16. The lowest BCUT2D eigenvalue weighted by Gasteiger charge is -2.09. The standard InChI is InChI=1S/C24H18N6O/c1-17-9-10-21(30-16-22(28-29-30)18-6-3-2-4-7-18)12-23(17)31-24-26-14-20(15-27-24)19-8-5-11-25-13-19/h2-16H,1H3. The monoisotopic (exact) mass is 406 g/mol. The predicted octanol–water partition coefficient (Wildman–Crippen LogP) is 4.89. The summed E-state index contributed by atoms with van der Waals surface area (Å²) in [5.74, 6) is 0.656. The maximum absolute atomic E-state index is 5.95. The molecule has 0 unspecified atom stereocenters. The number of nitrogens with zero attached hydrogens (tertiary/aromatic N) is 6. The summed E-state index contributed by atoms with van der Waals surface area (Å²) in [7, 11) is 0. The molecule has 5 rings (SSSR count). The fourth-order valence-electron chi connectivity index (χ4n) is 3.12. The molecule has 2 aromatic carbocycles. The Bertz CT molecular complexity index is 1300. The fourth-order valence-corrected chi connectivity index (χ4v) is 3.12. The lowest BCUT2D eigenvalue weighted by atomic mass is 10.2. The molecule has 7 heteroatoms. The lowest BCUT2D eigenvalue weighted by molar-refractivity contribution is 0.438. The molecule has 0 aliphatic rings. The van der Waals surface area contributed by atoms with Crippen molar-refractivity contribution in [3.8, 4) is 39.8 Å². The van der Waals surface area contributed by atoms with Gasteiger partial charge in [-0.2, -0.15) is 0 Å². The van der Waals surface area contributed by atoms with Gasteiger partial charge in [0.1, 0.15) is 11.4 Å². The van der Waals surface area contributed by atoms with Crippen LogP contribution in [-0.4, -0.2) is 29.9 Å². The van der Waals surface area contributed by atoms with Crippen LogP contribution in [0.15, 0.2) is 91.6 Å². The molecule has 0 atom stereocenters. The summed E-state index contributed by atoms with van der Waals surface area (Å²) in [5, 5.41) is 8.54. The topological polar surface area (TPSA) is 78.6 Å². The maximum Gasteiger partial charge on any atom is 0.321 e. The predicted molar refractivity (Wildman–Crippen MR) is 117 cm³/mol. The van der Waals surface area contributed by atoms with Gasteiger partial charge in [0.2, 0.25) is 0 Å². The van der Waals surface area contributed by atoms with Gasteiger partial charge >= 0.3 is 6.01 Å². The summed E-state index contributed by atoms with van der Waals surface area (Å²) < 4.78 is 7.68. The molecule has 150 valence electrons. The molecule has 0 aliphatic carbocycles. The average Bonchev–Trinajstić information content (AvgIpc) is 3.33. The van der Waals surface area contributed by atoms with Crippen LogP contribution in [-0.2, 0) is 0 Å². The molecule has 0 aliphatic heterocycles. The molecule has 0 amide bonds. The Morgan fingerprint density at radius 3 is 2.39 bits per heavy atom. The van der Waals surface area contributed by atoms with E-state index < -0.39 is 0 Å². The van der Waals surface area contributed by atoms with Crippen LogP contribution in [0.5, 0.6) is 11.8 Å². The van der Waals surface area contributed by atoms with E-state index in [4.69, 9.17) is 4.74 Å². The van der Waals surface area contributed by atoms with Gasteiger partial charge in [0, 0.05) is 47.5 Å². The van der Waals surface area contributed by atoms with Crippen LogP contribution in [0, 0.1) is 6.92 Å². The SMILES string of the molecule is Cc1ccc(-n2cc(-c3ccccc3)nn2)cc1Oc1ncc(-c2cccnc2)cn1. The molecule has 0 spiro atoms. The number of hydrogen-bond donors (Lipinski definition) is 0. The van der Waals surface area contributed by atoms with Gasteiger partial charge in [-0.15, -0.1) is 5.10 Å². The molecule has 5 aromatic rings. The smallest absolute Gasteiger partial charge is 0.321 e. The first-order chi connectivity index (χ1) is 15.3. The number of pyridine rings is 1. The highest BCUT2D eigenvalue weighted by atomic mass is 16.5. The molecule has 3 aromatic heterocycles. The minimum absolute atomic E-state index is 0.274. The third-order valence-electron chi connectivity index (χ3n) is 4.82. The third-order valence-corrected chi connectivity index (χ3v) is 4.82. The zero-order valence-electron chi connectivity index (χ0n) is 16.8. The van der Waals surface area contributed by atoms with Crippen molar-refractivity contribution in [2.45, 2.75) is 6.92 Å². The van der Waals surface area contributed by atoms with Gasteiger partial charge in [0.25, 0.3) is 0 Å². The van der Waals surface area contributed by atoms with E-state index >= 15 is 0 Å². The van der Waals surface area contributed by atoms with E-state index in [1.165, 1.54) is 0 Å². The van der Waals surface area contributed by atoms with E-state index in [0.717, 1.165) is 33.6 Å². The van der Waals surface area contributed by atoms with Gasteiger partial charge in [0.15, 0.2) is 0 Å². The first kappa shape index (κ1) is 18.6. The van der Waals surface area contributed by atoms with Crippen LogP contribution >= 0.6 is 0 Å². The Hall–Kier alpha value is -4.39. The van der Waals surface area contributed by atoms with Crippen LogP contribution in [0.4, 0.5) is 0 Å². The van der Waals surface area contributed by atoms with Crippen molar-refractivity contribution < 1.29 is 4.74 Å². The van der Waals surface area contributed by atoms with Crippen LogP contribution in [0.3, 0.4) is 0 Å². The van der Waals surface area contributed by atoms with Crippen LogP contribution in [0.25, 0.3) is 28.1 Å². The average molecular weight is 406 g/mol. The second-order valence-corrected chi connectivity index (χ2v) is 6.96. The van der Waals surface area contributed by atoms with Crippen molar-refractivity contribution in [1.29, 1.82) is 0 Å². The maximum atomic E-state index is 5.95. The molecular weight excluding hydrogens is 388 g/mol. The van der Waals surface area contributed by atoms with E-state index in [1.807, 2.05) is 73.8 Å². The van der Waals surface area contributed by atoms with Crippen LogP contribution in [0.2, 0.25) is 0 Å². The normalized spacial score (nSPS) is 10.7. The van der Waals surface area contributed by atoms with Crippen molar-refractivity contribution in [1.82, 2.24) is 29.9 Å². The van der Waals surface area contributed by atoms with Crippen molar-refractivity contribution >= 4 is 0 Å². The molecule has 0 fully saturated rings. The number of benzene rings is 2. The fraction of sp³-hybridized carbons (Fsp3) is 0.0417. The highest BCUT2D eigenvalue weighted by Crippen LogP contribution is 2.27. The first-order valence-electron chi connectivity index (χ1n) is 9.75. The Morgan fingerprint density at radius 1 is 0.806 bits per heavy atom. The molecule has 0 radical (unpaired) electrons. The molecule has 0 saturated carbocycles. The Kier molecular flexibility index (Phi) is 4.90. The molecule has 0 bridgehead atoms. The largest absolute Gasteiger partial charge is 0.424 e. The number of rotatable bonds is 5. The van der Waals surface area contributed by atoms with Crippen molar-refractivity contribution in [3.05, 3.63) is 97.2 Å². The van der Waals surface area contributed by atoms with Crippen LogP contribution in [0.1, 0.15) is 5.56 Å². The van der Waals surface area contributed by atoms with Crippen molar-refractivity contribution in [2.24, 2.45) is 0 Å². The summed E-state index contributed by atoms with van der Waals surface area (Å²) in [4.78, 5) is 12.8. The zero-order chi connectivity index (χ0) is 21.0. The van der Waals surface area contributed by atoms with E-state index in [0.29, 0.717) is 5.75 Å². The van der Waals surface area contributed by atoms with Crippen LogP contribution < -0.4 is 4.74 Å². The Morgan fingerprint density at radius 2 is 1.61 bits per heavy atom. The van der Waals surface area contributed by atoms with Gasteiger partial charge in [-0.05, 0) is 24.6 Å². The molecule has 31 heavy (non-hydrogen) atoms. The minimum Gasteiger partial charge on any atom is -0.424 e. The highest BCUT2D eigenvalue weighted by molar-refractivity contribution is 5.60. The van der Waals surface area contributed by atoms with Gasteiger partial charge in [-0.1, -0.05) is 47.7 Å². The molecule has 3 heterocycles. The summed E-state index contributed by atoms with van der Waals surface area (Å²) in [5.41, 5.74) is 5.45. The summed E-state index contributed by atoms with van der Waals surface area (Å²) in [6.45, 7) is 1.97. The van der Waals surface area contributed by atoms with E-state index in [9.17, 15) is 0 Å². The summed E-state index contributed by atoms with van der Waals surface area (Å²) in [6, 6.07) is 19.9. The second-order valence-electron chi connectivity index (χ2n) is 6.96. The molecular formula is C24H18N6O. The van der Waals surface area contributed by atoms with Gasteiger partial charge in [-0.3, -0.25) is 4.98 Å². The minimum atomic E-state index is 0.274. The third kappa shape index (κ3) is 4.02. The van der Waals surface area contributed by atoms with Gasteiger partial charge in [0.05, 0.1) is 11.9 Å². The van der Waals surface area contributed by atoms with Crippen molar-refractivity contribution in [3.63, 3.8) is 0 Å². The zero-order valence-corrected chi connectivity index (χ0v) is 16.8. The van der Waals surface area contributed by atoms with Crippen molar-refractivity contribution in [2.75, 3.05) is 0 Å². The van der Waals surface area contributed by atoms with E-state index in [2.05, 4.69) is 25.3 Å². The number of ether oxygens (including phenoxy) is 1. The quantitative estimate of drug-likeness (QED) is 0.414. The Labute approximate surface area is 179 Å². The number of hydrogen-bond acceptors (Lipinski definition) is 6. The Balaban J connectivity index is 1.39. The van der Waals surface area contributed by atoms with Gasteiger partial charge in [-0.25, -0.2) is 14.6 Å². The van der Waals surface area contributed by atoms with E-state index in [1.54, 1.807) is 29.5 Å². The number of aromatic nitrogens is 6. The molecule has 0 saturated heterocycles. The molecule has 7 nitrogen and oxygen atoms in total. The lowest BCUT2D eigenvalue weighted by Crippen LogP contribution is -1.98. The summed E-state index contributed by atoms with van der Waals surface area (Å²) in [6.07, 6.45) is 8.84. The first-order valence-corrected chi connectivity index (χ1v) is 9.75. The highest BCUT2D eigenvalue weighted by Gasteiger charge is 2.10. The number of aryl methyl sites for hydroxylation is 1. The summed E-state index contributed by atoms with van der Waals surface area (Å²) >= 11 is 0.